The summed E-state index contributed by atoms with van der Waals surface area (Å²) in [6.45, 7) is 0. The van der Waals surface area contributed by atoms with E-state index in [9.17, 15) is 19.8 Å². The molecule has 0 spiro atoms. The molecule has 1 aliphatic carbocycles. The van der Waals surface area contributed by atoms with Crippen LogP contribution in [0.5, 0.6) is 0 Å². The van der Waals surface area contributed by atoms with Gasteiger partial charge in [0.25, 0.3) is 0 Å². The Balaban J connectivity index is 1.52. The number of allylic oxidation sites excluding steroid dienone is 3. The number of aliphatic hydroxyl groups is 2. The highest BCUT2D eigenvalue weighted by atomic mass is 35.5. The van der Waals surface area contributed by atoms with E-state index in [0.717, 1.165) is 20.0 Å². The molecule has 5 nitrogen and oxygen atoms in total. The van der Waals surface area contributed by atoms with E-state index < -0.39 is 18.2 Å². The fourth-order valence-corrected chi connectivity index (χ4v) is 5.65. The molecule has 0 saturated heterocycles. The molecule has 0 amide bonds. The molecular formula is C25H29ClO5S. The Morgan fingerprint density at radius 3 is 2.81 bits per heavy atom. The van der Waals surface area contributed by atoms with Crippen molar-refractivity contribution in [3.63, 3.8) is 0 Å². The Hall–Kier alpha value is -1.99. The third kappa shape index (κ3) is 6.51. The van der Waals surface area contributed by atoms with Crippen LogP contribution in [0.4, 0.5) is 0 Å². The van der Waals surface area contributed by atoms with Gasteiger partial charge in [0.15, 0.2) is 5.78 Å². The average molecular weight is 477 g/mol. The second-order valence-electron chi connectivity index (χ2n) is 8.24. The van der Waals surface area contributed by atoms with Gasteiger partial charge >= 0.3 is 5.97 Å². The zero-order valence-electron chi connectivity index (χ0n) is 17.8. The summed E-state index contributed by atoms with van der Waals surface area (Å²) in [4.78, 5) is 23.9. The van der Waals surface area contributed by atoms with Crippen LogP contribution >= 0.6 is 22.9 Å². The van der Waals surface area contributed by atoms with Crippen molar-refractivity contribution in [2.75, 3.05) is 0 Å². The summed E-state index contributed by atoms with van der Waals surface area (Å²) < 4.78 is 1.13. The van der Waals surface area contributed by atoms with Gasteiger partial charge in [-0.05, 0) is 50.5 Å². The minimum atomic E-state index is -0.968. The normalized spacial score (nSPS) is 22.5. The van der Waals surface area contributed by atoms with Crippen LogP contribution in [0.15, 0.2) is 48.6 Å². The topological polar surface area (TPSA) is 94.8 Å². The van der Waals surface area contributed by atoms with Gasteiger partial charge in [0.1, 0.15) is 6.10 Å². The number of benzene rings is 1. The van der Waals surface area contributed by atoms with Gasteiger partial charge in [-0.1, -0.05) is 54.1 Å². The molecule has 1 aromatic carbocycles. The van der Waals surface area contributed by atoms with Gasteiger partial charge in [-0.25, -0.2) is 0 Å². The largest absolute Gasteiger partial charge is 0.481 e. The molecule has 2 unspecified atom stereocenters. The second-order valence-corrected chi connectivity index (χ2v) is 9.76. The van der Waals surface area contributed by atoms with Crippen LogP contribution < -0.4 is 0 Å². The van der Waals surface area contributed by atoms with Crippen LogP contribution in [0.25, 0.3) is 10.1 Å². The molecule has 1 aromatic heterocycles. The minimum Gasteiger partial charge on any atom is -0.481 e. The van der Waals surface area contributed by atoms with Gasteiger partial charge < -0.3 is 15.3 Å². The Morgan fingerprint density at radius 2 is 2.06 bits per heavy atom. The zero-order valence-corrected chi connectivity index (χ0v) is 19.4. The monoisotopic (exact) mass is 476 g/mol. The number of carboxylic acid groups (broad SMARTS) is 1. The molecule has 1 aliphatic rings. The number of hydrogen-bond acceptors (Lipinski definition) is 5. The smallest absolute Gasteiger partial charge is 0.303 e. The molecule has 1 saturated carbocycles. The maximum absolute atomic E-state index is 12.3. The quantitative estimate of drug-likeness (QED) is 0.307. The number of aliphatic hydroxyl groups excluding tert-OH is 2. The van der Waals surface area contributed by atoms with E-state index in [4.69, 9.17) is 16.7 Å². The summed E-state index contributed by atoms with van der Waals surface area (Å²) in [6, 6.07) is 7.98. The van der Waals surface area contributed by atoms with Gasteiger partial charge in [-0.15, -0.1) is 11.3 Å². The molecule has 0 radical (unpaired) electrons. The van der Waals surface area contributed by atoms with Gasteiger partial charge in [0.05, 0.1) is 11.1 Å². The first-order valence-electron chi connectivity index (χ1n) is 11.0. The van der Waals surface area contributed by atoms with E-state index in [1.807, 2.05) is 42.5 Å². The molecule has 3 rings (SSSR count). The lowest BCUT2D eigenvalue weighted by Gasteiger charge is -2.13. The second kappa shape index (κ2) is 11.8. The maximum Gasteiger partial charge on any atom is 0.303 e. The number of aryl methyl sites for hydroxylation is 1. The molecule has 1 fully saturated rings. The standard InChI is InChI=1S/C25H29ClO5S/c26-24-19-8-5-6-9-21(19)32-22(24)14-13-17(27)12-11-16-15-20(28)25(31)18(16)7-3-1-2-4-10-23(29)30/h1,3,5-6,8-9,11-12,16-18,20,27-28H,2,4,7,10,13-15H2,(H,29,30)/t16-,17?,18+,20?/m0/s1. The van der Waals surface area contributed by atoms with Crippen molar-refractivity contribution in [3.05, 3.63) is 58.5 Å². The number of unbranched alkanes of at least 4 members (excludes halogenated alkanes) is 1. The van der Waals surface area contributed by atoms with E-state index in [1.165, 1.54) is 0 Å². The maximum atomic E-state index is 12.3. The van der Waals surface area contributed by atoms with Crippen LogP contribution in [0.3, 0.4) is 0 Å². The highest BCUT2D eigenvalue weighted by molar-refractivity contribution is 7.19. The van der Waals surface area contributed by atoms with Crippen molar-refractivity contribution in [3.8, 4) is 0 Å². The van der Waals surface area contributed by atoms with Crippen molar-refractivity contribution in [1.29, 1.82) is 0 Å². The number of carbonyl (C=O) groups is 2. The summed E-state index contributed by atoms with van der Waals surface area (Å²) in [5, 5.41) is 30.9. The highest BCUT2D eigenvalue weighted by Crippen LogP contribution is 2.36. The van der Waals surface area contributed by atoms with Crippen LogP contribution in [0, 0.1) is 11.8 Å². The highest BCUT2D eigenvalue weighted by Gasteiger charge is 2.39. The minimum absolute atomic E-state index is 0.122. The molecule has 172 valence electrons. The first-order valence-corrected chi connectivity index (χ1v) is 12.2. The Labute approximate surface area is 197 Å². The van der Waals surface area contributed by atoms with Crippen LogP contribution in [-0.2, 0) is 16.0 Å². The van der Waals surface area contributed by atoms with Crippen molar-refractivity contribution in [1.82, 2.24) is 0 Å². The molecule has 2 aromatic rings. The molecular weight excluding hydrogens is 448 g/mol. The number of thiophene rings is 1. The van der Waals surface area contributed by atoms with E-state index in [0.29, 0.717) is 38.5 Å². The van der Waals surface area contributed by atoms with E-state index in [-0.39, 0.29) is 24.0 Å². The number of aliphatic carboxylic acids is 1. The fraction of sp³-hybridized carbons (Fsp3) is 0.440. The first kappa shape index (κ1) is 24.6. The first-order chi connectivity index (χ1) is 15.4. The van der Waals surface area contributed by atoms with E-state index in [1.54, 1.807) is 17.4 Å². The average Bonchev–Trinajstić information content (AvgIpc) is 3.23. The Morgan fingerprint density at radius 1 is 1.28 bits per heavy atom. The van der Waals surface area contributed by atoms with Crippen LogP contribution in [0.2, 0.25) is 5.02 Å². The summed E-state index contributed by atoms with van der Waals surface area (Å²) in [6.07, 6.45) is 9.14. The van der Waals surface area contributed by atoms with Gasteiger partial charge in [-0.2, -0.15) is 0 Å². The molecule has 32 heavy (non-hydrogen) atoms. The number of halogens is 1. The third-order valence-corrected chi connectivity index (χ3v) is 7.65. The number of carbonyl (C=O) groups excluding carboxylic acids is 1. The molecule has 3 N–H and O–H groups in total. The lowest BCUT2D eigenvalue weighted by molar-refractivity contribution is -0.137. The summed E-state index contributed by atoms with van der Waals surface area (Å²) in [5.41, 5.74) is 0. The van der Waals surface area contributed by atoms with Crippen molar-refractivity contribution >= 4 is 44.8 Å². The lowest BCUT2D eigenvalue weighted by atomic mass is 9.91. The summed E-state index contributed by atoms with van der Waals surface area (Å²) >= 11 is 8.12. The number of rotatable bonds is 11. The molecule has 1 heterocycles. The van der Waals surface area contributed by atoms with Gasteiger partial charge in [0, 0.05) is 27.3 Å². The van der Waals surface area contributed by atoms with Gasteiger partial charge in [-0.3, -0.25) is 9.59 Å². The predicted molar refractivity (Wildman–Crippen MR) is 128 cm³/mol. The van der Waals surface area contributed by atoms with Crippen molar-refractivity contribution in [2.24, 2.45) is 11.8 Å². The third-order valence-electron chi connectivity index (χ3n) is 5.87. The van der Waals surface area contributed by atoms with Crippen LogP contribution in [0.1, 0.15) is 43.4 Å². The summed E-state index contributed by atoms with van der Waals surface area (Å²) in [5.74, 6) is -1.42. The predicted octanol–water partition coefficient (Wildman–Crippen LogP) is 5.17. The molecule has 0 bridgehead atoms. The van der Waals surface area contributed by atoms with E-state index >= 15 is 0 Å². The number of ketones is 1. The fourth-order valence-electron chi connectivity index (χ4n) is 4.10. The SMILES string of the molecule is O=C(O)CCCC=CC[C@H]1C(=O)C(O)C[C@@H]1C=CC(O)CCc1sc2ccccc2c1Cl. The van der Waals surface area contributed by atoms with Crippen molar-refractivity contribution < 1.29 is 24.9 Å². The molecule has 0 aliphatic heterocycles. The van der Waals surface area contributed by atoms with Crippen molar-refractivity contribution in [2.45, 2.75) is 57.2 Å². The Kier molecular flexibility index (Phi) is 9.05. The number of Topliss-reactive ketones (excluding diaryl/α,β-unsaturated/α-hetero) is 1. The van der Waals surface area contributed by atoms with Crippen LogP contribution in [-0.4, -0.2) is 39.3 Å². The molecule has 4 atom stereocenters. The lowest BCUT2D eigenvalue weighted by Crippen LogP contribution is -2.19. The summed E-state index contributed by atoms with van der Waals surface area (Å²) in [7, 11) is 0. The number of hydrogen-bond donors (Lipinski definition) is 3. The number of fused-ring (bicyclic) bond motifs is 1. The zero-order chi connectivity index (χ0) is 23.1. The van der Waals surface area contributed by atoms with Gasteiger partial charge in [0.2, 0.25) is 0 Å². The Bertz CT molecular complexity index is 995. The molecule has 7 heteroatoms. The number of carboxylic acids is 1. The van der Waals surface area contributed by atoms with E-state index in [2.05, 4.69) is 0 Å².